The van der Waals surface area contributed by atoms with Gasteiger partial charge in [-0.25, -0.2) is 0 Å². The van der Waals surface area contributed by atoms with E-state index in [9.17, 15) is 9.59 Å². The molecule has 0 bridgehead atoms. The van der Waals surface area contributed by atoms with Crippen molar-refractivity contribution in [2.45, 2.75) is 59.0 Å². The number of carbonyl (C=O) groups excluding carboxylic acids is 2. The molecule has 0 spiro atoms. The number of nitrogens with one attached hydrogen (secondary N) is 1. The Balaban J connectivity index is 2.30. The summed E-state index contributed by atoms with van der Waals surface area (Å²) in [6.45, 7) is 6.87. The first kappa shape index (κ1) is 23.9. The highest BCUT2D eigenvalue weighted by atomic mass is 35.5. The van der Waals surface area contributed by atoms with Crippen LogP contribution in [0.2, 0.25) is 5.02 Å². The summed E-state index contributed by atoms with van der Waals surface area (Å²) >= 11 is 6.02. The molecule has 1 atom stereocenters. The number of benzene rings is 2. The van der Waals surface area contributed by atoms with Gasteiger partial charge in [0.25, 0.3) is 0 Å². The van der Waals surface area contributed by atoms with Crippen molar-refractivity contribution >= 4 is 23.4 Å². The van der Waals surface area contributed by atoms with Gasteiger partial charge in [-0.05, 0) is 29.7 Å². The van der Waals surface area contributed by atoms with Crippen molar-refractivity contribution in [3.8, 4) is 0 Å². The Labute approximate surface area is 185 Å². The first-order valence-electron chi connectivity index (χ1n) is 10.8. The quantitative estimate of drug-likeness (QED) is 0.497. The number of amides is 2. The summed E-state index contributed by atoms with van der Waals surface area (Å²) in [6, 6.07) is 16.7. The first-order chi connectivity index (χ1) is 14.4. The van der Waals surface area contributed by atoms with E-state index in [4.69, 9.17) is 11.6 Å². The molecule has 0 saturated carbocycles. The van der Waals surface area contributed by atoms with Crippen LogP contribution in [0.5, 0.6) is 0 Å². The maximum atomic E-state index is 13.2. The minimum absolute atomic E-state index is 0.0328. The van der Waals surface area contributed by atoms with E-state index in [0.29, 0.717) is 24.5 Å². The van der Waals surface area contributed by atoms with Crippen LogP contribution in [0.25, 0.3) is 0 Å². The molecule has 1 unspecified atom stereocenters. The molecule has 5 heteroatoms. The summed E-state index contributed by atoms with van der Waals surface area (Å²) in [5.74, 6) is -0.337. The monoisotopic (exact) mass is 428 g/mol. The zero-order chi connectivity index (χ0) is 21.9. The molecule has 0 heterocycles. The zero-order valence-electron chi connectivity index (χ0n) is 18.2. The SMILES string of the molecule is CCCCCNC(=O)C(Cc1ccccc1)N(Cc1ccc(Cl)cc1)C(=O)C(C)C. The predicted molar refractivity (Wildman–Crippen MR) is 123 cm³/mol. The van der Waals surface area contributed by atoms with Crippen LogP contribution in [0.15, 0.2) is 54.6 Å². The van der Waals surface area contributed by atoms with E-state index in [0.717, 1.165) is 30.4 Å². The van der Waals surface area contributed by atoms with E-state index in [-0.39, 0.29) is 17.7 Å². The normalized spacial score (nSPS) is 11.9. The van der Waals surface area contributed by atoms with Crippen molar-refractivity contribution in [1.29, 1.82) is 0 Å². The molecule has 1 N–H and O–H groups in total. The number of rotatable bonds is 11. The number of halogens is 1. The van der Waals surface area contributed by atoms with Gasteiger partial charge < -0.3 is 10.2 Å². The van der Waals surface area contributed by atoms with E-state index >= 15 is 0 Å². The van der Waals surface area contributed by atoms with Gasteiger partial charge in [0.1, 0.15) is 6.04 Å². The predicted octanol–water partition coefficient (Wildman–Crippen LogP) is 5.24. The van der Waals surface area contributed by atoms with Crippen molar-refractivity contribution in [1.82, 2.24) is 10.2 Å². The third-order valence-corrected chi connectivity index (χ3v) is 5.33. The van der Waals surface area contributed by atoms with Gasteiger partial charge in [-0.2, -0.15) is 0 Å². The Morgan fingerprint density at radius 2 is 1.63 bits per heavy atom. The van der Waals surface area contributed by atoms with Gasteiger partial charge >= 0.3 is 0 Å². The Bertz CT molecular complexity index is 791. The Morgan fingerprint density at radius 1 is 0.967 bits per heavy atom. The lowest BCUT2D eigenvalue weighted by Gasteiger charge is -2.33. The zero-order valence-corrected chi connectivity index (χ0v) is 19.0. The molecule has 162 valence electrons. The van der Waals surface area contributed by atoms with Crippen LogP contribution in [-0.2, 0) is 22.6 Å². The maximum Gasteiger partial charge on any atom is 0.243 e. The molecule has 0 aliphatic heterocycles. The molecule has 0 aromatic heterocycles. The van der Waals surface area contributed by atoms with Gasteiger partial charge in [0.05, 0.1) is 0 Å². The number of carbonyl (C=O) groups is 2. The van der Waals surface area contributed by atoms with Gasteiger partial charge in [0.15, 0.2) is 0 Å². The molecular weight excluding hydrogens is 396 g/mol. The Morgan fingerprint density at radius 3 is 2.23 bits per heavy atom. The molecule has 2 rings (SSSR count). The number of hydrogen-bond donors (Lipinski definition) is 1. The number of unbranched alkanes of at least 4 members (excludes halogenated alkanes) is 2. The van der Waals surface area contributed by atoms with Crippen LogP contribution in [0.4, 0.5) is 0 Å². The van der Waals surface area contributed by atoms with Crippen LogP contribution >= 0.6 is 11.6 Å². The molecular formula is C25H33ClN2O2. The average Bonchev–Trinajstić information content (AvgIpc) is 2.75. The van der Waals surface area contributed by atoms with Gasteiger partial charge in [0.2, 0.25) is 11.8 Å². The lowest BCUT2D eigenvalue weighted by molar-refractivity contribution is -0.143. The summed E-state index contributed by atoms with van der Waals surface area (Å²) in [5, 5.41) is 3.70. The fourth-order valence-electron chi connectivity index (χ4n) is 3.35. The molecule has 30 heavy (non-hydrogen) atoms. The second kappa shape index (κ2) is 12.4. The van der Waals surface area contributed by atoms with Crippen LogP contribution in [0.3, 0.4) is 0 Å². The summed E-state index contributed by atoms with van der Waals surface area (Å²) < 4.78 is 0. The summed E-state index contributed by atoms with van der Waals surface area (Å²) in [6.07, 6.45) is 3.59. The Kier molecular flexibility index (Phi) is 9.88. The molecule has 0 fully saturated rings. The van der Waals surface area contributed by atoms with E-state index in [1.165, 1.54) is 0 Å². The lowest BCUT2D eigenvalue weighted by atomic mass is 10.0. The average molecular weight is 429 g/mol. The summed E-state index contributed by atoms with van der Waals surface area (Å²) in [5.41, 5.74) is 1.98. The Hall–Kier alpha value is -2.33. The minimum atomic E-state index is -0.570. The first-order valence-corrected chi connectivity index (χ1v) is 11.2. The van der Waals surface area contributed by atoms with Crippen LogP contribution in [-0.4, -0.2) is 29.3 Å². The summed E-state index contributed by atoms with van der Waals surface area (Å²) in [4.78, 5) is 28.1. The van der Waals surface area contributed by atoms with E-state index in [1.54, 1.807) is 4.90 Å². The molecule has 4 nitrogen and oxygen atoms in total. The van der Waals surface area contributed by atoms with Crippen LogP contribution in [0, 0.1) is 5.92 Å². The largest absolute Gasteiger partial charge is 0.354 e. The topological polar surface area (TPSA) is 49.4 Å². The van der Waals surface area contributed by atoms with Gasteiger partial charge in [-0.15, -0.1) is 0 Å². The van der Waals surface area contributed by atoms with Crippen LogP contribution in [0.1, 0.15) is 51.2 Å². The fraction of sp³-hybridized carbons (Fsp3) is 0.440. The van der Waals surface area contributed by atoms with Gasteiger partial charge in [-0.3, -0.25) is 9.59 Å². The summed E-state index contributed by atoms with van der Waals surface area (Å²) in [7, 11) is 0. The second-order valence-corrected chi connectivity index (χ2v) is 8.39. The lowest BCUT2D eigenvalue weighted by Crippen LogP contribution is -2.51. The van der Waals surface area contributed by atoms with Crippen molar-refractivity contribution < 1.29 is 9.59 Å². The number of hydrogen-bond acceptors (Lipinski definition) is 2. The molecule has 2 amide bonds. The molecule has 0 saturated heterocycles. The van der Waals surface area contributed by atoms with Crippen molar-refractivity contribution in [2.75, 3.05) is 6.54 Å². The van der Waals surface area contributed by atoms with E-state index in [1.807, 2.05) is 68.4 Å². The molecule has 2 aromatic carbocycles. The van der Waals surface area contributed by atoms with Gasteiger partial charge in [-0.1, -0.05) is 87.7 Å². The maximum absolute atomic E-state index is 13.2. The fourth-order valence-corrected chi connectivity index (χ4v) is 3.47. The number of nitrogens with zero attached hydrogens (tertiary/aromatic N) is 1. The van der Waals surface area contributed by atoms with E-state index < -0.39 is 6.04 Å². The molecule has 2 aromatic rings. The van der Waals surface area contributed by atoms with Crippen molar-refractivity contribution in [2.24, 2.45) is 5.92 Å². The third kappa shape index (κ3) is 7.49. The smallest absolute Gasteiger partial charge is 0.243 e. The second-order valence-electron chi connectivity index (χ2n) is 7.95. The van der Waals surface area contributed by atoms with Crippen LogP contribution < -0.4 is 5.32 Å². The van der Waals surface area contributed by atoms with Crippen molar-refractivity contribution in [3.63, 3.8) is 0 Å². The van der Waals surface area contributed by atoms with Crippen molar-refractivity contribution in [3.05, 3.63) is 70.7 Å². The third-order valence-electron chi connectivity index (χ3n) is 5.07. The molecule has 0 radical (unpaired) electrons. The molecule has 0 aliphatic rings. The standard InChI is InChI=1S/C25H33ClN2O2/c1-4-5-9-16-27-24(29)23(17-20-10-7-6-8-11-20)28(25(30)19(2)3)18-21-12-14-22(26)15-13-21/h6-8,10-15,19,23H,4-5,9,16-18H2,1-3H3,(H,27,29). The highest BCUT2D eigenvalue weighted by molar-refractivity contribution is 6.30. The molecule has 0 aliphatic carbocycles. The highest BCUT2D eigenvalue weighted by Gasteiger charge is 2.31. The highest BCUT2D eigenvalue weighted by Crippen LogP contribution is 2.18. The minimum Gasteiger partial charge on any atom is -0.354 e. The van der Waals surface area contributed by atoms with Gasteiger partial charge in [0, 0.05) is 30.5 Å². The van der Waals surface area contributed by atoms with E-state index in [2.05, 4.69) is 12.2 Å².